The molecule has 0 N–H and O–H groups in total. The zero-order valence-corrected chi connectivity index (χ0v) is 10.9. The molecule has 3 rings (SSSR count). The van der Waals surface area contributed by atoms with Crippen molar-refractivity contribution in [3.8, 4) is 0 Å². The van der Waals surface area contributed by atoms with Crippen LogP contribution < -0.4 is 0 Å². The Hall–Kier alpha value is -1.62. The molecular formula is C13H15N3OS. The monoisotopic (exact) mass is 261 g/mol. The van der Waals surface area contributed by atoms with E-state index in [1.54, 1.807) is 23.6 Å². The van der Waals surface area contributed by atoms with Crippen molar-refractivity contribution in [3.63, 3.8) is 0 Å². The number of rotatable bonds is 2. The molecule has 0 unspecified atom stereocenters. The molecule has 2 aromatic heterocycles. The number of imidazole rings is 1. The largest absolute Gasteiger partial charge is 0.339 e. The average molecular weight is 261 g/mol. The summed E-state index contributed by atoms with van der Waals surface area (Å²) in [7, 11) is 0. The summed E-state index contributed by atoms with van der Waals surface area (Å²) in [5.41, 5.74) is 0.955. The van der Waals surface area contributed by atoms with E-state index in [4.69, 9.17) is 0 Å². The summed E-state index contributed by atoms with van der Waals surface area (Å²) >= 11 is 1.59. The van der Waals surface area contributed by atoms with E-state index in [0.29, 0.717) is 0 Å². The van der Waals surface area contributed by atoms with E-state index in [1.807, 2.05) is 27.0 Å². The van der Waals surface area contributed by atoms with E-state index in [0.717, 1.165) is 36.6 Å². The van der Waals surface area contributed by atoms with Crippen LogP contribution in [0, 0.1) is 0 Å². The Balaban J connectivity index is 1.73. The number of carbonyl (C=O) groups excluding carboxylic acids is 1. The van der Waals surface area contributed by atoms with Gasteiger partial charge < -0.3 is 4.90 Å². The summed E-state index contributed by atoms with van der Waals surface area (Å²) in [5.74, 6) is 0.111. The molecular weight excluding hydrogens is 246 g/mol. The van der Waals surface area contributed by atoms with Crippen LogP contribution in [0.5, 0.6) is 0 Å². The van der Waals surface area contributed by atoms with Crippen molar-refractivity contribution in [2.75, 3.05) is 13.1 Å². The van der Waals surface area contributed by atoms with Crippen molar-refractivity contribution in [1.29, 1.82) is 0 Å². The maximum absolute atomic E-state index is 12.0. The number of hydrogen-bond acceptors (Lipinski definition) is 3. The summed E-state index contributed by atoms with van der Waals surface area (Å²) in [6, 6.07) is 0. The smallest absolute Gasteiger partial charge is 0.246 e. The van der Waals surface area contributed by atoms with Gasteiger partial charge in [-0.3, -0.25) is 9.20 Å². The highest BCUT2D eigenvalue weighted by atomic mass is 32.1. The van der Waals surface area contributed by atoms with Crippen LogP contribution in [0.25, 0.3) is 11.0 Å². The standard InChI is InChI=1S/C13H15N3OS/c17-12(15-6-2-1-3-7-15)5-4-11-10-14-13-16(11)8-9-18-13/h4-5,8-10H,1-3,6-7H2/b5-4+. The molecule has 0 atom stereocenters. The molecule has 0 saturated carbocycles. The van der Waals surface area contributed by atoms with E-state index in [-0.39, 0.29) is 5.91 Å². The fourth-order valence-corrected chi connectivity index (χ4v) is 2.94. The van der Waals surface area contributed by atoms with Crippen LogP contribution in [0.2, 0.25) is 0 Å². The van der Waals surface area contributed by atoms with Crippen LogP contribution in [-0.4, -0.2) is 33.3 Å². The van der Waals surface area contributed by atoms with Crippen LogP contribution >= 0.6 is 11.3 Å². The Morgan fingerprint density at radius 3 is 3.00 bits per heavy atom. The first-order chi connectivity index (χ1) is 8.84. The number of aromatic nitrogens is 2. The zero-order chi connectivity index (χ0) is 12.4. The molecule has 1 fully saturated rings. The first-order valence-electron chi connectivity index (χ1n) is 6.22. The molecule has 1 aliphatic heterocycles. The lowest BCUT2D eigenvalue weighted by Crippen LogP contribution is -2.34. The molecule has 0 radical (unpaired) electrons. The van der Waals surface area contributed by atoms with Gasteiger partial charge in [0.25, 0.3) is 0 Å². The zero-order valence-electron chi connectivity index (χ0n) is 10.1. The number of fused-ring (bicyclic) bond motifs is 1. The summed E-state index contributed by atoms with van der Waals surface area (Å²) in [6.45, 7) is 1.78. The highest BCUT2D eigenvalue weighted by molar-refractivity contribution is 7.15. The average Bonchev–Trinajstić information content (AvgIpc) is 3.00. The molecule has 1 aliphatic rings. The molecule has 2 aromatic rings. The molecule has 18 heavy (non-hydrogen) atoms. The highest BCUT2D eigenvalue weighted by Gasteiger charge is 2.13. The number of nitrogens with zero attached hydrogens (tertiary/aromatic N) is 3. The van der Waals surface area contributed by atoms with Crippen molar-refractivity contribution in [3.05, 3.63) is 29.5 Å². The predicted molar refractivity (Wildman–Crippen MR) is 72.5 cm³/mol. The number of carbonyl (C=O) groups is 1. The Morgan fingerprint density at radius 1 is 1.33 bits per heavy atom. The highest BCUT2D eigenvalue weighted by Crippen LogP contribution is 2.14. The summed E-state index contributed by atoms with van der Waals surface area (Å²) < 4.78 is 1.99. The molecule has 1 saturated heterocycles. The Labute approximate surface area is 110 Å². The number of thiazole rings is 1. The Morgan fingerprint density at radius 2 is 2.17 bits per heavy atom. The van der Waals surface area contributed by atoms with Crippen molar-refractivity contribution in [2.45, 2.75) is 19.3 Å². The summed E-state index contributed by atoms with van der Waals surface area (Å²) in [4.78, 5) is 19.1. The van der Waals surface area contributed by atoms with Gasteiger partial charge in [0.05, 0.1) is 11.9 Å². The van der Waals surface area contributed by atoms with Crippen LogP contribution in [0.3, 0.4) is 0 Å². The minimum absolute atomic E-state index is 0.111. The first kappa shape index (κ1) is 11.5. The van der Waals surface area contributed by atoms with Gasteiger partial charge >= 0.3 is 0 Å². The van der Waals surface area contributed by atoms with Crippen LogP contribution in [0.4, 0.5) is 0 Å². The van der Waals surface area contributed by atoms with Crippen molar-refractivity contribution < 1.29 is 4.79 Å². The molecule has 94 valence electrons. The number of hydrogen-bond donors (Lipinski definition) is 0. The molecule has 0 aliphatic carbocycles. The number of amides is 1. The molecule has 4 nitrogen and oxygen atoms in total. The first-order valence-corrected chi connectivity index (χ1v) is 7.10. The van der Waals surface area contributed by atoms with Crippen LogP contribution in [0.1, 0.15) is 25.0 Å². The fourth-order valence-electron chi connectivity index (χ4n) is 2.25. The third-order valence-electron chi connectivity index (χ3n) is 3.24. The Kier molecular flexibility index (Phi) is 3.15. The second-order valence-corrected chi connectivity index (χ2v) is 5.33. The van der Waals surface area contributed by atoms with Crippen LogP contribution in [0.15, 0.2) is 23.8 Å². The van der Waals surface area contributed by atoms with E-state index in [1.165, 1.54) is 6.42 Å². The Bertz CT molecular complexity index is 578. The molecule has 0 spiro atoms. The van der Waals surface area contributed by atoms with Gasteiger partial charge in [-0.1, -0.05) is 0 Å². The molecule has 1 amide bonds. The SMILES string of the molecule is O=C(/C=C/c1cnc2sccn12)N1CCCCC1. The van der Waals surface area contributed by atoms with Crippen molar-refractivity contribution in [1.82, 2.24) is 14.3 Å². The van der Waals surface area contributed by atoms with Crippen LogP contribution in [-0.2, 0) is 4.79 Å². The lowest BCUT2D eigenvalue weighted by Gasteiger charge is -2.25. The van der Waals surface area contributed by atoms with Gasteiger partial charge in [0.2, 0.25) is 5.91 Å². The third kappa shape index (κ3) is 2.18. The minimum atomic E-state index is 0.111. The maximum atomic E-state index is 12.0. The van der Waals surface area contributed by atoms with E-state index < -0.39 is 0 Å². The minimum Gasteiger partial charge on any atom is -0.339 e. The van der Waals surface area contributed by atoms with Crippen molar-refractivity contribution >= 4 is 28.3 Å². The maximum Gasteiger partial charge on any atom is 0.246 e. The topological polar surface area (TPSA) is 37.6 Å². The van der Waals surface area contributed by atoms with Gasteiger partial charge in [-0.05, 0) is 25.3 Å². The normalized spacial score (nSPS) is 16.8. The summed E-state index contributed by atoms with van der Waals surface area (Å²) in [5, 5.41) is 1.99. The van der Waals surface area contributed by atoms with Gasteiger partial charge in [0.1, 0.15) is 0 Å². The number of piperidine rings is 1. The number of likely N-dealkylation sites (tertiary alicyclic amines) is 1. The third-order valence-corrected chi connectivity index (χ3v) is 4.01. The second kappa shape index (κ2) is 4.94. The van der Waals surface area contributed by atoms with E-state index in [9.17, 15) is 4.79 Å². The van der Waals surface area contributed by atoms with Gasteiger partial charge in [-0.2, -0.15) is 0 Å². The van der Waals surface area contributed by atoms with Crippen molar-refractivity contribution in [2.24, 2.45) is 0 Å². The van der Waals surface area contributed by atoms with Gasteiger partial charge in [-0.25, -0.2) is 4.98 Å². The van der Waals surface area contributed by atoms with Gasteiger partial charge in [0, 0.05) is 30.7 Å². The quantitative estimate of drug-likeness (QED) is 0.779. The lowest BCUT2D eigenvalue weighted by molar-refractivity contribution is -0.126. The van der Waals surface area contributed by atoms with E-state index in [2.05, 4.69) is 4.98 Å². The van der Waals surface area contributed by atoms with E-state index >= 15 is 0 Å². The van der Waals surface area contributed by atoms with Gasteiger partial charge in [-0.15, -0.1) is 11.3 Å². The second-order valence-electron chi connectivity index (χ2n) is 4.46. The molecule has 3 heterocycles. The van der Waals surface area contributed by atoms with Gasteiger partial charge in [0.15, 0.2) is 4.96 Å². The predicted octanol–water partition coefficient (Wildman–Crippen LogP) is 2.42. The molecule has 0 aromatic carbocycles. The molecule has 5 heteroatoms. The summed E-state index contributed by atoms with van der Waals surface area (Å²) in [6.07, 6.45) is 10.8. The molecule has 0 bridgehead atoms. The fraction of sp³-hybridized carbons (Fsp3) is 0.385. The lowest BCUT2D eigenvalue weighted by atomic mass is 10.1.